The van der Waals surface area contributed by atoms with E-state index in [1.54, 1.807) is 25.3 Å². The van der Waals surface area contributed by atoms with Gasteiger partial charge in [0, 0.05) is 11.0 Å². The van der Waals surface area contributed by atoms with Crippen molar-refractivity contribution in [1.82, 2.24) is 10.6 Å². The first-order chi connectivity index (χ1) is 12.8. The summed E-state index contributed by atoms with van der Waals surface area (Å²) < 4.78 is 3.41. The molecule has 27 heavy (non-hydrogen) atoms. The number of ether oxygens (including phenoxy) is 1. The summed E-state index contributed by atoms with van der Waals surface area (Å²) in [6, 6.07) is 11.0. The fourth-order valence-electron chi connectivity index (χ4n) is 1.97. The highest BCUT2D eigenvalue weighted by molar-refractivity contribution is 7.80. The van der Waals surface area contributed by atoms with Crippen molar-refractivity contribution in [3.05, 3.63) is 52.7 Å². The van der Waals surface area contributed by atoms with Gasteiger partial charge in [-0.25, -0.2) is 0 Å². The van der Waals surface area contributed by atoms with Crippen molar-refractivity contribution in [3.63, 3.8) is 0 Å². The molecule has 0 saturated carbocycles. The van der Waals surface area contributed by atoms with E-state index in [0.717, 1.165) is 4.88 Å². The first-order valence-electron chi connectivity index (χ1n) is 7.59. The molecule has 1 aromatic heterocycles. The highest BCUT2D eigenvalue weighted by Gasteiger charge is 2.34. The zero-order chi connectivity index (χ0) is 19.9. The van der Waals surface area contributed by atoms with Crippen molar-refractivity contribution in [2.45, 2.75) is 9.96 Å². The van der Waals surface area contributed by atoms with E-state index < -0.39 is 15.9 Å². The maximum atomic E-state index is 12.1. The van der Waals surface area contributed by atoms with Crippen molar-refractivity contribution in [2.24, 2.45) is 0 Å². The van der Waals surface area contributed by atoms with Crippen molar-refractivity contribution in [3.8, 4) is 5.75 Å². The van der Waals surface area contributed by atoms with Gasteiger partial charge in [0.1, 0.15) is 11.9 Å². The second-order valence-corrected chi connectivity index (χ2v) is 8.89. The van der Waals surface area contributed by atoms with Crippen LogP contribution in [0.2, 0.25) is 0 Å². The number of carbonyl (C=O) groups excluding carboxylic acids is 1. The third kappa shape index (κ3) is 7.20. The number of thiophene rings is 1. The molecule has 1 aromatic carbocycles. The number of alkyl halides is 3. The Bertz CT molecular complexity index is 808. The van der Waals surface area contributed by atoms with Gasteiger partial charge in [0.05, 0.1) is 12.8 Å². The van der Waals surface area contributed by atoms with Crippen LogP contribution in [-0.2, 0) is 4.79 Å². The van der Waals surface area contributed by atoms with Crippen LogP contribution in [0.1, 0.15) is 4.88 Å². The van der Waals surface area contributed by atoms with Crippen molar-refractivity contribution < 1.29 is 9.53 Å². The summed E-state index contributed by atoms with van der Waals surface area (Å²) in [6.45, 7) is 0. The molecule has 1 heterocycles. The monoisotopic (exact) mass is 463 g/mol. The van der Waals surface area contributed by atoms with Crippen LogP contribution < -0.4 is 20.7 Å². The predicted octanol–water partition coefficient (Wildman–Crippen LogP) is 4.57. The lowest BCUT2D eigenvalue weighted by molar-refractivity contribution is -0.117. The number of nitrogens with one attached hydrogen (secondary N) is 3. The molecule has 5 nitrogen and oxygen atoms in total. The predicted molar refractivity (Wildman–Crippen MR) is 118 cm³/mol. The Labute approximate surface area is 181 Å². The summed E-state index contributed by atoms with van der Waals surface area (Å²) in [4.78, 5) is 13.1. The molecule has 0 spiro atoms. The Morgan fingerprint density at radius 2 is 1.96 bits per heavy atom. The van der Waals surface area contributed by atoms with Crippen LogP contribution in [0.3, 0.4) is 0 Å². The number of amides is 1. The summed E-state index contributed by atoms with van der Waals surface area (Å²) >= 11 is 24.7. The van der Waals surface area contributed by atoms with Crippen LogP contribution in [0.4, 0.5) is 5.69 Å². The number of anilines is 1. The standard InChI is InChI=1S/C17H16Cl3N3O2S2/c1-25-13-7-3-2-6-12(13)21-16(26)23-15(17(18,19)20)22-14(24)9-8-11-5-4-10-27-11/h2-10,15H,1H3,(H,22,24)(H2,21,23,26). The van der Waals surface area contributed by atoms with Gasteiger partial charge < -0.3 is 20.7 Å². The number of methoxy groups -OCH3 is 1. The molecular weight excluding hydrogens is 449 g/mol. The Kier molecular flexibility index (Phi) is 8.19. The van der Waals surface area contributed by atoms with E-state index in [2.05, 4.69) is 16.0 Å². The highest BCUT2D eigenvalue weighted by Crippen LogP contribution is 2.29. The second-order valence-electron chi connectivity index (χ2n) is 5.13. The number of carbonyl (C=O) groups is 1. The molecule has 0 aliphatic rings. The minimum absolute atomic E-state index is 0.151. The molecule has 0 aliphatic heterocycles. The van der Waals surface area contributed by atoms with E-state index in [-0.39, 0.29) is 5.11 Å². The fraction of sp³-hybridized carbons (Fsp3) is 0.176. The zero-order valence-electron chi connectivity index (χ0n) is 14.0. The molecule has 0 bridgehead atoms. The Morgan fingerprint density at radius 1 is 1.22 bits per heavy atom. The zero-order valence-corrected chi connectivity index (χ0v) is 17.9. The van der Waals surface area contributed by atoms with Gasteiger partial charge in [0.25, 0.3) is 0 Å². The number of halogens is 3. The Balaban J connectivity index is 2.01. The number of rotatable bonds is 6. The van der Waals surface area contributed by atoms with E-state index >= 15 is 0 Å². The molecule has 0 aliphatic carbocycles. The van der Waals surface area contributed by atoms with Crippen LogP contribution in [0.25, 0.3) is 6.08 Å². The molecule has 2 aromatic rings. The first kappa shape index (κ1) is 21.8. The highest BCUT2D eigenvalue weighted by atomic mass is 35.6. The molecular formula is C17H16Cl3N3O2S2. The lowest BCUT2D eigenvalue weighted by Gasteiger charge is -2.27. The number of hydrogen-bond donors (Lipinski definition) is 3. The molecule has 3 N–H and O–H groups in total. The molecule has 2 rings (SSSR count). The van der Waals surface area contributed by atoms with Gasteiger partial charge in [-0.1, -0.05) is 53.0 Å². The Hall–Kier alpha value is -1.51. The average Bonchev–Trinajstić information content (AvgIpc) is 3.12. The van der Waals surface area contributed by atoms with E-state index in [4.69, 9.17) is 51.8 Å². The summed E-state index contributed by atoms with van der Waals surface area (Å²) in [6.07, 6.45) is 1.96. The minimum Gasteiger partial charge on any atom is -0.495 e. The van der Waals surface area contributed by atoms with Crippen LogP contribution in [0.15, 0.2) is 47.9 Å². The first-order valence-corrected chi connectivity index (χ1v) is 10.0. The van der Waals surface area contributed by atoms with Gasteiger partial charge >= 0.3 is 0 Å². The van der Waals surface area contributed by atoms with E-state index in [1.165, 1.54) is 17.4 Å². The number of hydrogen-bond acceptors (Lipinski definition) is 4. The van der Waals surface area contributed by atoms with Gasteiger partial charge in [-0.3, -0.25) is 4.79 Å². The largest absolute Gasteiger partial charge is 0.495 e. The maximum Gasteiger partial charge on any atom is 0.245 e. The van der Waals surface area contributed by atoms with Crippen molar-refractivity contribution >= 4 is 81.1 Å². The van der Waals surface area contributed by atoms with Gasteiger partial charge in [-0.2, -0.15) is 0 Å². The second kappa shape index (κ2) is 10.1. The summed E-state index contributed by atoms with van der Waals surface area (Å²) in [5.41, 5.74) is 0.629. The van der Waals surface area contributed by atoms with Crippen LogP contribution in [0, 0.1) is 0 Å². The number of para-hydroxylation sites is 2. The topological polar surface area (TPSA) is 62.4 Å². The third-order valence-corrected chi connectivity index (χ3v) is 4.90. The number of benzene rings is 1. The summed E-state index contributed by atoms with van der Waals surface area (Å²) in [7, 11) is 1.54. The minimum atomic E-state index is -1.83. The van der Waals surface area contributed by atoms with Crippen LogP contribution in [-0.4, -0.2) is 28.1 Å². The summed E-state index contributed by atoms with van der Waals surface area (Å²) in [5, 5.41) is 10.4. The molecule has 0 radical (unpaired) electrons. The maximum absolute atomic E-state index is 12.1. The molecule has 0 saturated heterocycles. The van der Waals surface area contributed by atoms with Crippen molar-refractivity contribution in [1.29, 1.82) is 0 Å². The molecule has 1 atom stereocenters. The quantitative estimate of drug-likeness (QED) is 0.253. The molecule has 1 unspecified atom stereocenters. The summed E-state index contributed by atoms with van der Waals surface area (Å²) in [5.74, 6) is 0.155. The van der Waals surface area contributed by atoms with E-state index in [0.29, 0.717) is 11.4 Å². The molecule has 0 fully saturated rings. The van der Waals surface area contributed by atoms with E-state index in [9.17, 15) is 4.79 Å². The molecule has 10 heteroatoms. The van der Waals surface area contributed by atoms with E-state index in [1.807, 2.05) is 29.6 Å². The molecule has 1 amide bonds. The van der Waals surface area contributed by atoms with Crippen LogP contribution in [0.5, 0.6) is 5.75 Å². The van der Waals surface area contributed by atoms with Gasteiger partial charge in [-0.15, -0.1) is 11.3 Å². The van der Waals surface area contributed by atoms with Crippen LogP contribution >= 0.6 is 58.4 Å². The smallest absolute Gasteiger partial charge is 0.245 e. The Morgan fingerprint density at radius 3 is 2.59 bits per heavy atom. The van der Waals surface area contributed by atoms with Crippen molar-refractivity contribution in [2.75, 3.05) is 12.4 Å². The molecule has 144 valence electrons. The lowest BCUT2D eigenvalue weighted by Crippen LogP contribution is -2.55. The lowest BCUT2D eigenvalue weighted by atomic mass is 10.3. The van der Waals surface area contributed by atoms with Gasteiger partial charge in [0.15, 0.2) is 5.11 Å². The fourth-order valence-corrected chi connectivity index (χ4v) is 3.14. The normalized spacial score (nSPS) is 12.4. The average molecular weight is 465 g/mol. The third-order valence-electron chi connectivity index (χ3n) is 3.19. The van der Waals surface area contributed by atoms with Gasteiger partial charge in [-0.05, 0) is 41.9 Å². The van der Waals surface area contributed by atoms with Gasteiger partial charge in [0.2, 0.25) is 9.70 Å². The number of thiocarbonyl (C=S) groups is 1. The SMILES string of the molecule is COc1ccccc1NC(=S)NC(NC(=O)C=Cc1cccs1)C(Cl)(Cl)Cl.